The van der Waals surface area contributed by atoms with Crippen molar-refractivity contribution in [2.75, 3.05) is 25.7 Å². The molecule has 1 aromatic rings. The van der Waals surface area contributed by atoms with Crippen LogP contribution in [0.3, 0.4) is 0 Å². The van der Waals surface area contributed by atoms with Gasteiger partial charge in [0, 0.05) is 20.0 Å². The molecule has 6 heteroatoms. The molecule has 0 spiro atoms. The molecule has 0 aromatic heterocycles. The maximum Gasteiger partial charge on any atom is 0.222 e. The van der Waals surface area contributed by atoms with Crippen molar-refractivity contribution in [2.45, 2.75) is 33.2 Å². The zero-order chi connectivity index (χ0) is 17.2. The molecule has 1 atom stereocenters. The van der Waals surface area contributed by atoms with Crippen LogP contribution in [0.15, 0.2) is 12.1 Å². The summed E-state index contributed by atoms with van der Waals surface area (Å²) in [6.45, 7) is 4.49. The summed E-state index contributed by atoms with van der Waals surface area (Å²) in [7, 11) is 0.488. The first-order chi connectivity index (χ1) is 10.7. The van der Waals surface area contributed by atoms with Crippen LogP contribution in [-0.2, 0) is 21.2 Å². The number of benzene rings is 1. The number of methoxy groups -OCH3 is 1. The van der Waals surface area contributed by atoms with Crippen LogP contribution in [0.5, 0.6) is 5.75 Å². The topological polar surface area (TPSA) is 63.7 Å². The molecule has 0 saturated carbocycles. The maximum absolute atomic E-state index is 12.3. The summed E-state index contributed by atoms with van der Waals surface area (Å²) >= 11 is 0. The Morgan fingerprint density at radius 3 is 2.39 bits per heavy atom. The van der Waals surface area contributed by atoms with Gasteiger partial charge in [0.2, 0.25) is 5.91 Å². The van der Waals surface area contributed by atoms with Gasteiger partial charge in [0.05, 0.1) is 18.6 Å². The second-order valence-electron chi connectivity index (χ2n) is 6.49. The van der Waals surface area contributed by atoms with Crippen LogP contribution >= 0.6 is 0 Å². The fourth-order valence-electron chi connectivity index (χ4n) is 3.25. The van der Waals surface area contributed by atoms with Crippen LogP contribution in [0.1, 0.15) is 29.5 Å². The second kappa shape index (κ2) is 6.91. The second-order valence-corrected chi connectivity index (χ2v) is 8.71. The number of carbonyl (C=O) groups excluding carboxylic acids is 1. The lowest BCUT2D eigenvalue weighted by Crippen LogP contribution is -2.28. The zero-order valence-electron chi connectivity index (χ0n) is 14.3. The van der Waals surface area contributed by atoms with E-state index in [0.717, 1.165) is 22.4 Å². The number of aryl methyl sites for hydroxylation is 2. The minimum absolute atomic E-state index is 0.00164. The molecule has 128 valence electrons. The Morgan fingerprint density at radius 2 is 1.91 bits per heavy atom. The average Bonchev–Trinajstić information content (AvgIpc) is 2.77. The standard InChI is InChI=1S/C17H25NO4S/c1-12-7-15(8-13(2)17(12)22-4)10-18(3)16(19)9-14-5-6-23(20,21)11-14/h7-8,14H,5-6,9-11H2,1-4H3/t14-/m1/s1. The first kappa shape index (κ1) is 17.8. The number of carbonyl (C=O) groups is 1. The maximum atomic E-state index is 12.3. The number of rotatable bonds is 5. The van der Waals surface area contributed by atoms with E-state index in [1.807, 2.05) is 26.0 Å². The summed E-state index contributed by atoms with van der Waals surface area (Å²) < 4.78 is 28.3. The number of ether oxygens (including phenoxy) is 1. The summed E-state index contributed by atoms with van der Waals surface area (Å²) in [5.41, 5.74) is 3.14. The van der Waals surface area contributed by atoms with Gasteiger partial charge < -0.3 is 9.64 Å². The molecule has 1 saturated heterocycles. The van der Waals surface area contributed by atoms with Gasteiger partial charge in [-0.05, 0) is 42.9 Å². The van der Waals surface area contributed by atoms with Crippen LogP contribution in [-0.4, -0.2) is 44.9 Å². The SMILES string of the molecule is COc1c(C)cc(CN(C)C(=O)C[C@H]2CCS(=O)(=O)C2)cc1C. The van der Waals surface area contributed by atoms with E-state index in [0.29, 0.717) is 19.4 Å². The van der Waals surface area contributed by atoms with Crippen molar-refractivity contribution in [3.05, 3.63) is 28.8 Å². The van der Waals surface area contributed by atoms with E-state index in [-0.39, 0.29) is 23.3 Å². The Kier molecular flexibility index (Phi) is 5.34. The molecule has 0 bridgehead atoms. The molecule has 5 nitrogen and oxygen atoms in total. The van der Waals surface area contributed by atoms with E-state index < -0.39 is 9.84 Å². The van der Waals surface area contributed by atoms with E-state index in [9.17, 15) is 13.2 Å². The smallest absolute Gasteiger partial charge is 0.222 e. The van der Waals surface area contributed by atoms with Crippen LogP contribution in [0.4, 0.5) is 0 Å². The van der Waals surface area contributed by atoms with Crippen LogP contribution in [0, 0.1) is 19.8 Å². The van der Waals surface area contributed by atoms with Crippen LogP contribution in [0.2, 0.25) is 0 Å². The van der Waals surface area contributed by atoms with Gasteiger partial charge in [-0.3, -0.25) is 4.79 Å². The van der Waals surface area contributed by atoms with E-state index in [1.54, 1.807) is 19.1 Å². The summed E-state index contributed by atoms with van der Waals surface area (Å²) in [5, 5.41) is 0. The van der Waals surface area contributed by atoms with Gasteiger partial charge in [0.1, 0.15) is 5.75 Å². The van der Waals surface area contributed by atoms with E-state index in [2.05, 4.69) is 0 Å². The Bertz CT molecular complexity index is 674. The lowest BCUT2D eigenvalue weighted by molar-refractivity contribution is -0.131. The molecule has 2 rings (SSSR count). The quantitative estimate of drug-likeness (QED) is 0.824. The molecule has 1 aliphatic heterocycles. The Morgan fingerprint density at radius 1 is 1.30 bits per heavy atom. The lowest BCUT2D eigenvalue weighted by atomic mass is 10.0. The number of amides is 1. The van der Waals surface area contributed by atoms with Crippen molar-refractivity contribution in [3.8, 4) is 5.75 Å². The molecule has 0 N–H and O–H groups in total. The van der Waals surface area contributed by atoms with Gasteiger partial charge in [-0.25, -0.2) is 8.42 Å². The molecule has 23 heavy (non-hydrogen) atoms. The third-order valence-electron chi connectivity index (χ3n) is 4.36. The average molecular weight is 339 g/mol. The number of hydrogen-bond acceptors (Lipinski definition) is 4. The van der Waals surface area contributed by atoms with Crippen molar-refractivity contribution < 1.29 is 17.9 Å². The summed E-state index contributed by atoms with van der Waals surface area (Å²) in [5.74, 6) is 1.20. The summed E-state index contributed by atoms with van der Waals surface area (Å²) in [4.78, 5) is 14.0. The molecule has 0 aliphatic carbocycles. The van der Waals surface area contributed by atoms with E-state index in [1.165, 1.54) is 0 Å². The largest absolute Gasteiger partial charge is 0.496 e. The number of sulfone groups is 1. The minimum Gasteiger partial charge on any atom is -0.496 e. The molecule has 0 radical (unpaired) electrons. The predicted molar refractivity (Wildman–Crippen MR) is 90.3 cm³/mol. The number of hydrogen-bond donors (Lipinski definition) is 0. The fourth-order valence-corrected chi connectivity index (χ4v) is 5.11. The highest BCUT2D eigenvalue weighted by Gasteiger charge is 2.30. The molecule has 1 fully saturated rings. The van der Waals surface area contributed by atoms with Crippen molar-refractivity contribution >= 4 is 15.7 Å². The predicted octanol–water partition coefficient (Wildman–Crippen LogP) is 2.10. The van der Waals surface area contributed by atoms with E-state index in [4.69, 9.17) is 4.74 Å². The molecule has 1 aromatic carbocycles. The zero-order valence-corrected chi connectivity index (χ0v) is 15.1. The fraction of sp³-hybridized carbons (Fsp3) is 0.588. The normalized spacial score (nSPS) is 19.6. The third-order valence-corrected chi connectivity index (χ3v) is 6.20. The molecular weight excluding hydrogens is 314 g/mol. The van der Waals surface area contributed by atoms with Gasteiger partial charge in [0.25, 0.3) is 0 Å². The van der Waals surface area contributed by atoms with Crippen LogP contribution in [0.25, 0.3) is 0 Å². The van der Waals surface area contributed by atoms with E-state index >= 15 is 0 Å². The monoisotopic (exact) mass is 339 g/mol. The molecule has 0 unspecified atom stereocenters. The molecule has 1 aliphatic rings. The van der Waals surface area contributed by atoms with Gasteiger partial charge in [-0.2, -0.15) is 0 Å². The number of nitrogens with zero attached hydrogens (tertiary/aromatic N) is 1. The minimum atomic E-state index is -2.93. The first-order valence-corrected chi connectivity index (χ1v) is 9.62. The Balaban J connectivity index is 1.99. The van der Waals surface area contributed by atoms with Crippen LogP contribution < -0.4 is 4.74 Å². The Labute approximate surface area is 138 Å². The third kappa shape index (κ3) is 4.47. The van der Waals surface area contributed by atoms with Crippen molar-refractivity contribution in [1.29, 1.82) is 0 Å². The highest BCUT2D eigenvalue weighted by Crippen LogP contribution is 2.26. The molecule has 1 heterocycles. The van der Waals surface area contributed by atoms with Crippen molar-refractivity contribution in [3.63, 3.8) is 0 Å². The van der Waals surface area contributed by atoms with Crippen molar-refractivity contribution in [1.82, 2.24) is 4.90 Å². The van der Waals surface area contributed by atoms with Gasteiger partial charge >= 0.3 is 0 Å². The first-order valence-electron chi connectivity index (χ1n) is 7.80. The van der Waals surface area contributed by atoms with Gasteiger partial charge in [-0.1, -0.05) is 12.1 Å². The lowest BCUT2D eigenvalue weighted by Gasteiger charge is -2.20. The van der Waals surface area contributed by atoms with Gasteiger partial charge in [0.15, 0.2) is 9.84 Å². The molecular formula is C17H25NO4S. The van der Waals surface area contributed by atoms with Crippen molar-refractivity contribution in [2.24, 2.45) is 5.92 Å². The highest BCUT2D eigenvalue weighted by atomic mass is 32.2. The highest BCUT2D eigenvalue weighted by molar-refractivity contribution is 7.91. The van der Waals surface area contributed by atoms with Gasteiger partial charge in [-0.15, -0.1) is 0 Å². The molecule has 1 amide bonds. The summed E-state index contributed by atoms with van der Waals surface area (Å²) in [6, 6.07) is 4.05. The summed E-state index contributed by atoms with van der Waals surface area (Å²) in [6.07, 6.45) is 0.909. The Hall–Kier alpha value is -1.56.